The molecule has 100 valence electrons. The number of rotatable bonds is 2. The molecule has 3 aromatic rings. The minimum Gasteiger partial charge on any atom is -0.384 e. The van der Waals surface area contributed by atoms with Crippen molar-refractivity contribution in [1.29, 1.82) is 0 Å². The van der Waals surface area contributed by atoms with Gasteiger partial charge in [0.15, 0.2) is 0 Å². The Morgan fingerprint density at radius 2 is 1.65 bits per heavy atom. The molecule has 1 N–H and O–H groups in total. The van der Waals surface area contributed by atoms with Gasteiger partial charge in [-0.25, -0.2) is 0 Å². The second-order valence-corrected chi connectivity index (χ2v) is 5.20. The van der Waals surface area contributed by atoms with Gasteiger partial charge in [0.1, 0.15) is 6.10 Å². The molecule has 3 rings (SSSR count). The number of aliphatic hydroxyl groups excluding tert-OH is 1. The number of pyridine rings is 1. The van der Waals surface area contributed by atoms with Gasteiger partial charge in [-0.2, -0.15) is 0 Å². The first kappa shape index (κ1) is 12.8. The molecule has 20 heavy (non-hydrogen) atoms. The van der Waals surface area contributed by atoms with E-state index in [1.165, 1.54) is 11.1 Å². The average molecular weight is 263 g/mol. The van der Waals surface area contributed by atoms with Gasteiger partial charge < -0.3 is 5.11 Å². The normalized spacial score (nSPS) is 12.6. The summed E-state index contributed by atoms with van der Waals surface area (Å²) in [4.78, 5) is 4.30. The van der Waals surface area contributed by atoms with E-state index < -0.39 is 6.10 Å². The smallest absolute Gasteiger partial charge is 0.104 e. The van der Waals surface area contributed by atoms with E-state index in [-0.39, 0.29) is 0 Å². The monoisotopic (exact) mass is 263 g/mol. The van der Waals surface area contributed by atoms with Gasteiger partial charge in [0.2, 0.25) is 0 Å². The van der Waals surface area contributed by atoms with E-state index in [1.54, 1.807) is 6.20 Å². The zero-order chi connectivity index (χ0) is 14.1. The van der Waals surface area contributed by atoms with Gasteiger partial charge in [0.05, 0.1) is 5.52 Å². The summed E-state index contributed by atoms with van der Waals surface area (Å²) in [6.45, 7) is 4.14. The van der Waals surface area contributed by atoms with Crippen LogP contribution < -0.4 is 0 Å². The average Bonchev–Trinajstić information content (AvgIpc) is 2.49. The van der Waals surface area contributed by atoms with Crippen LogP contribution in [0.5, 0.6) is 0 Å². The van der Waals surface area contributed by atoms with E-state index in [9.17, 15) is 5.11 Å². The molecule has 0 aliphatic carbocycles. The number of benzene rings is 2. The standard InChI is InChI=1S/C18H17NO/c1-12-5-6-15(10-13(12)2)18(20)16-7-8-17-14(11-16)4-3-9-19-17/h3-11,18,20H,1-2H3. The van der Waals surface area contributed by atoms with Crippen LogP contribution in [0.1, 0.15) is 28.4 Å². The molecular formula is C18H17NO. The molecule has 2 aromatic carbocycles. The minimum absolute atomic E-state index is 0.598. The topological polar surface area (TPSA) is 33.1 Å². The Bertz CT molecular complexity index is 764. The predicted molar refractivity (Wildman–Crippen MR) is 81.7 cm³/mol. The van der Waals surface area contributed by atoms with E-state index in [0.29, 0.717) is 0 Å². The van der Waals surface area contributed by atoms with Gasteiger partial charge >= 0.3 is 0 Å². The Kier molecular flexibility index (Phi) is 3.25. The van der Waals surface area contributed by atoms with Crippen molar-refractivity contribution in [3.8, 4) is 0 Å². The summed E-state index contributed by atoms with van der Waals surface area (Å²) >= 11 is 0. The highest BCUT2D eigenvalue weighted by Crippen LogP contribution is 2.26. The summed E-state index contributed by atoms with van der Waals surface area (Å²) in [6, 6.07) is 15.9. The maximum absolute atomic E-state index is 10.5. The largest absolute Gasteiger partial charge is 0.384 e. The number of aryl methyl sites for hydroxylation is 2. The lowest BCUT2D eigenvalue weighted by Gasteiger charge is -2.14. The van der Waals surface area contributed by atoms with E-state index in [0.717, 1.165) is 22.0 Å². The molecule has 0 aliphatic heterocycles. The zero-order valence-corrected chi connectivity index (χ0v) is 11.7. The minimum atomic E-state index is -0.598. The quantitative estimate of drug-likeness (QED) is 0.760. The van der Waals surface area contributed by atoms with Crippen molar-refractivity contribution in [2.75, 3.05) is 0 Å². The fourth-order valence-electron chi connectivity index (χ4n) is 2.39. The summed E-state index contributed by atoms with van der Waals surface area (Å²) in [5.74, 6) is 0. The SMILES string of the molecule is Cc1ccc(C(O)c2ccc3ncccc3c2)cc1C. The van der Waals surface area contributed by atoms with Crippen molar-refractivity contribution in [3.63, 3.8) is 0 Å². The lowest BCUT2D eigenvalue weighted by molar-refractivity contribution is 0.220. The first-order chi connectivity index (χ1) is 9.65. The highest BCUT2D eigenvalue weighted by atomic mass is 16.3. The van der Waals surface area contributed by atoms with Crippen LogP contribution in [0.25, 0.3) is 10.9 Å². The van der Waals surface area contributed by atoms with Crippen LogP contribution in [0.4, 0.5) is 0 Å². The Labute approximate surface area is 118 Å². The molecule has 0 saturated carbocycles. The molecule has 0 amide bonds. The predicted octanol–water partition coefficient (Wildman–Crippen LogP) is 3.93. The van der Waals surface area contributed by atoms with Crippen LogP contribution in [-0.4, -0.2) is 10.1 Å². The van der Waals surface area contributed by atoms with Crippen LogP contribution in [-0.2, 0) is 0 Å². The number of fused-ring (bicyclic) bond motifs is 1. The van der Waals surface area contributed by atoms with Crippen molar-refractivity contribution in [2.24, 2.45) is 0 Å². The highest BCUT2D eigenvalue weighted by molar-refractivity contribution is 5.79. The van der Waals surface area contributed by atoms with Gasteiger partial charge in [-0.15, -0.1) is 0 Å². The Morgan fingerprint density at radius 3 is 2.45 bits per heavy atom. The van der Waals surface area contributed by atoms with Gasteiger partial charge in [-0.1, -0.05) is 30.3 Å². The van der Waals surface area contributed by atoms with Crippen molar-refractivity contribution >= 4 is 10.9 Å². The summed E-state index contributed by atoms with van der Waals surface area (Å²) in [6.07, 6.45) is 1.18. The maximum Gasteiger partial charge on any atom is 0.104 e. The fraction of sp³-hybridized carbons (Fsp3) is 0.167. The number of hydrogen-bond donors (Lipinski definition) is 1. The first-order valence-corrected chi connectivity index (χ1v) is 6.75. The molecule has 0 bridgehead atoms. The number of hydrogen-bond acceptors (Lipinski definition) is 2. The van der Waals surface area contributed by atoms with E-state index >= 15 is 0 Å². The maximum atomic E-state index is 10.5. The molecule has 0 fully saturated rings. The molecule has 1 atom stereocenters. The van der Waals surface area contributed by atoms with Crippen molar-refractivity contribution in [2.45, 2.75) is 20.0 Å². The van der Waals surface area contributed by atoms with Crippen LogP contribution in [0.3, 0.4) is 0 Å². The summed E-state index contributed by atoms with van der Waals surface area (Å²) in [5.41, 5.74) is 5.21. The number of nitrogens with zero attached hydrogens (tertiary/aromatic N) is 1. The molecule has 0 aliphatic rings. The van der Waals surface area contributed by atoms with Crippen molar-refractivity contribution < 1.29 is 5.11 Å². The number of aromatic nitrogens is 1. The van der Waals surface area contributed by atoms with Crippen molar-refractivity contribution in [1.82, 2.24) is 4.98 Å². The molecule has 1 heterocycles. The Hall–Kier alpha value is -2.19. The van der Waals surface area contributed by atoms with Gasteiger partial charge in [0, 0.05) is 11.6 Å². The lowest BCUT2D eigenvalue weighted by Crippen LogP contribution is -2.00. The summed E-state index contributed by atoms with van der Waals surface area (Å²) in [7, 11) is 0. The van der Waals surface area contributed by atoms with Gasteiger partial charge in [-0.05, 0) is 54.3 Å². The first-order valence-electron chi connectivity index (χ1n) is 6.75. The summed E-state index contributed by atoms with van der Waals surface area (Å²) < 4.78 is 0. The molecule has 1 aromatic heterocycles. The van der Waals surface area contributed by atoms with Crippen LogP contribution in [0.2, 0.25) is 0 Å². The lowest BCUT2D eigenvalue weighted by atomic mass is 9.97. The van der Waals surface area contributed by atoms with Crippen LogP contribution in [0.15, 0.2) is 54.7 Å². The third-order valence-corrected chi connectivity index (χ3v) is 3.79. The van der Waals surface area contributed by atoms with Crippen LogP contribution in [0, 0.1) is 13.8 Å². The van der Waals surface area contributed by atoms with Crippen molar-refractivity contribution in [3.05, 3.63) is 77.0 Å². The molecule has 0 saturated heterocycles. The third-order valence-electron chi connectivity index (χ3n) is 3.79. The Balaban J connectivity index is 2.02. The van der Waals surface area contributed by atoms with Gasteiger partial charge in [-0.3, -0.25) is 4.98 Å². The number of aliphatic hydroxyl groups is 1. The molecule has 0 spiro atoms. The second-order valence-electron chi connectivity index (χ2n) is 5.20. The Morgan fingerprint density at radius 1 is 0.900 bits per heavy atom. The van der Waals surface area contributed by atoms with E-state index in [1.807, 2.05) is 42.5 Å². The van der Waals surface area contributed by atoms with E-state index in [4.69, 9.17) is 0 Å². The fourth-order valence-corrected chi connectivity index (χ4v) is 2.39. The van der Waals surface area contributed by atoms with Crippen LogP contribution >= 0.6 is 0 Å². The highest BCUT2D eigenvalue weighted by Gasteiger charge is 2.11. The molecular weight excluding hydrogens is 246 g/mol. The molecule has 2 nitrogen and oxygen atoms in total. The summed E-state index contributed by atoms with van der Waals surface area (Å²) in [5, 5.41) is 11.6. The molecule has 1 unspecified atom stereocenters. The van der Waals surface area contributed by atoms with E-state index in [2.05, 4.69) is 24.9 Å². The molecule has 0 radical (unpaired) electrons. The zero-order valence-electron chi connectivity index (χ0n) is 11.7. The van der Waals surface area contributed by atoms with Gasteiger partial charge in [0.25, 0.3) is 0 Å². The second kappa shape index (κ2) is 5.06. The molecule has 2 heteroatoms. The third kappa shape index (κ3) is 2.30.